The Morgan fingerprint density at radius 2 is 1.19 bits per heavy atom. The molecule has 5 rings (SSSR count). The first-order chi connectivity index (χ1) is 22.5. The molecule has 2 aromatic carbocycles. The summed E-state index contributed by atoms with van der Waals surface area (Å²) in [5.41, 5.74) is 2.54. The van der Waals surface area contributed by atoms with Crippen LogP contribution >= 0.6 is 15.9 Å². The van der Waals surface area contributed by atoms with E-state index in [-0.39, 0.29) is 36.4 Å². The number of nitrogens with one attached hydrogen (secondary N) is 2. The number of amides is 2. The van der Waals surface area contributed by atoms with E-state index in [1.807, 2.05) is 69.5 Å². The van der Waals surface area contributed by atoms with Gasteiger partial charge >= 0.3 is 12.2 Å². The Labute approximate surface area is 296 Å². The minimum Gasteiger partial charge on any atom is -0.444 e. The molecule has 3 aliphatic rings. The number of hydrogen-bond acceptors (Lipinski definition) is 8. The number of piperazine rings is 3. The molecule has 0 aromatic heterocycles. The molecule has 10 nitrogen and oxygen atoms in total. The standard InChI is InChI=1S/C21H34N4O2.C16H23BrN2O2/c1-16-15-25(20(26)27-21(2,3)4)19(14-22-16)17-7-6-8-18(13-17)24-11-9-23(5)10-12-24;1-11-10-19(15(20)21-16(2,3)4)14(9-18-11)12-6-5-7-13(17)8-12/h6-8,13,16,19,22H,9-12,14-15H2,1-5H3;5-8,11,14,18H,9-10H2,1-4H3/t16-,19-;11-,14-/m11/s1. The quantitative estimate of drug-likeness (QED) is 0.374. The second-order valence-electron chi connectivity index (χ2n) is 15.4. The molecule has 2 N–H and O–H groups in total. The minimum absolute atomic E-state index is 0.00597. The lowest BCUT2D eigenvalue weighted by Crippen LogP contribution is -2.54. The first-order valence-electron chi connectivity index (χ1n) is 17.2. The number of benzene rings is 2. The molecule has 0 bridgehead atoms. The third-order valence-corrected chi connectivity index (χ3v) is 9.12. The number of rotatable bonds is 3. The molecule has 3 heterocycles. The van der Waals surface area contributed by atoms with Crippen LogP contribution in [0.25, 0.3) is 0 Å². The minimum atomic E-state index is -0.489. The summed E-state index contributed by atoms with van der Waals surface area (Å²) in [7, 11) is 2.17. The Kier molecular flexibility index (Phi) is 12.8. The highest BCUT2D eigenvalue weighted by Crippen LogP contribution is 2.30. The third kappa shape index (κ3) is 11.1. The second kappa shape index (κ2) is 16.2. The Morgan fingerprint density at radius 1 is 0.729 bits per heavy atom. The number of hydrogen-bond donors (Lipinski definition) is 2. The van der Waals surface area contributed by atoms with Gasteiger partial charge in [0.05, 0.1) is 12.1 Å². The van der Waals surface area contributed by atoms with Crippen molar-refractivity contribution < 1.29 is 19.1 Å². The van der Waals surface area contributed by atoms with E-state index in [0.717, 1.165) is 54.9 Å². The summed E-state index contributed by atoms with van der Waals surface area (Å²) in [6, 6.07) is 17.2. The highest BCUT2D eigenvalue weighted by Gasteiger charge is 2.35. The summed E-state index contributed by atoms with van der Waals surface area (Å²) in [5, 5.41) is 6.95. The van der Waals surface area contributed by atoms with Gasteiger partial charge in [-0.3, -0.25) is 9.80 Å². The molecular formula is C37H57BrN6O4. The highest BCUT2D eigenvalue weighted by molar-refractivity contribution is 9.10. The molecule has 4 atom stereocenters. The number of anilines is 1. The van der Waals surface area contributed by atoms with Crippen molar-refractivity contribution in [2.45, 2.75) is 90.8 Å². The van der Waals surface area contributed by atoms with Gasteiger partial charge < -0.3 is 29.9 Å². The summed E-state index contributed by atoms with van der Waals surface area (Å²) >= 11 is 3.49. The van der Waals surface area contributed by atoms with E-state index in [9.17, 15) is 9.59 Å². The molecule has 2 amide bonds. The van der Waals surface area contributed by atoms with Gasteiger partial charge in [-0.05, 0) is 97.8 Å². The molecule has 3 aliphatic heterocycles. The van der Waals surface area contributed by atoms with Crippen LogP contribution in [0.15, 0.2) is 53.0 Å². The largest absolute Gasteiger partial charge is 0.444 e. The van der Waals surface area contributed by atoms with Crippen LogP contribution in [-0.4, -0.2) is 110 Å². The van der Waals surface area contributed by atoms with E-state index in [0.29, 0.717) is 13.1 Å². The van der Waals surface area contributed by atoms with E-state index >= 15 is 0 Å². The molecule has 0 radical (unpaired) electrons. The van der Waals surface area contributed by atoms with Crippen LogP contribution in [0.5, 0.6) is 0 Å². The highest BCUT2D eigenvalue weighted by atomic mass is 79.9. The average molecular weight is 730 g/mol. The molecule has 0 unspecified atom stereocenters. The number of halogens is 1. The maximum atomic E-state index is 12.8. The Bertz CT molecular complexity index is 1370. The number of nitrogens with zero attached hydrogens (tertiary/aromatic N) is 4. The lowest BCUT2D eigenvalue weighted by molar-refractivity contribution is 0.00700. The predicted octanol–water partition coefficient (Wildman–Crippen LogP) is 6.43. The van der Waals surface area contributed by atoms with Crippen LogP contribution in [0, 0.1) is 0 Å². The zero-order chi connectivity index (χ0) is 35.2. The van der Waals surface area contributed by atoms with Crippen molar-refractivity contribution in [2.24, 2.45) is 0 Å². The van der Waals surface area contributed by atoms with Gasteiger partial charge in [-0.15, -0.1) is 0 Å². The lowest BCUT2D eigenvalue weighted by atomic mass is 10.0. The van der Waals surface area contributed by atoms with Crippen LogP contribution in [0.4, 0.5) is 15.3 Å². The zero-order valence-corrected chi connectivity index (χ0v) is 32.0. The van der Waals surface area contributed by atoms with E-state index < -0.39 is 11.2 Å². The zero-order valence-electron chi connectivity index (χ0n) is 30.4. The lowest BCUT2D eigenvalue weighted by Gasteiger charge is -2.40. The van der Waals surface area contributed by atoms with E-state index in [2.05, 4.69) is 87.6 Å². The molecule has 48 heavy (non-hydrogen) atoms. The molecule has 3 saturated heterocycles. The first-order valence-corrected chi connectivity index (χ1v) is 18.0. The summed E-state index contributed by atoms with van der Waals surface area (Å²) in [5.74, 6) is 0. The molecule has 11 heteroatoms. The summed E-state index contributed by atoms with van der Waals surface area (Å²) < 4.78 is 12.3. The van der Waals surface area contributed by atoms with Crippen molar-refractivity contribution >= 4 is 33.8 Å². The van der Waals surface area contributed by atoms with Crippen molar-refractivity contribution in [1.82, 2.24) is 25.3 Å². The first kappa shape index (κ1) is 38.0. The Hall–Kier alpha value is -2.86. The fourth-order valence-electron chi connectivity index (χ4n) is 6.17. The van der Waals surface area contributed by atoms with E-state index in [4.69, 9.17) is 9.47 Å². The summed E-state index contributed by atoms with van der Waals surface area (Å²) in [6.07, 6.45) is -0.480. The Balaban J connectivity index is 0.000000224. The summed E-state index contributed by atoms with van der Waals surface area (Å²) in [4.78, 5) is 33.8. The van der Waals surface area contributed by atoms with Gasteiger partial charge in [-0.1, -0.05) is 40.2 Å². The molecule has 3 fully saturated rings. The molecule has 0 saturated carbocycles. The second-order valence-corrected chi connectivity index (χ2v) is 16.3. The Morgan fingerprint density at radius 3 is 1.65 bits per heavy atom. The van der Waals surface area contributed by atoms with Gasteiger partial charge in [0.25, 0.3) is 0 Å². The van der Waals surface area contributed by atoms with Crippen molar-refractivity contribution in [2.75, 3.05) is 64.3 Å². The molecular weight excluding hydrogens is 672 g/mol. The van der Waals surface area contributed by atoms with Crippen LogP contribution in [0.3, 0.4) is 0 Å². The van der Waals surface area contributed by atoms with Crippen molar-refractivity contribution in [3.63, 3.8) is 0 Å². The van der Waals surface area contributed by atoms with E-state index in [1.165, 1.54) is 5.69 Å². The monoisotopic (exact) mass is 728 g/mol. The summed E-state index contributed by atoms with van der Waals surface area (Å²) in [6.45, 7) is 22.6. The molecule has 2 aromatic rings. The topological polar surface area (TPSA) is 89.6 Å². The molecule has 0 aliphatic carbocycles. The SMILES string of the molecule is C[C@@H]1CN(C(=O)OC(C)(C)C)[C@@H](c2cccc(Br)c2)CN1.C[C@@H]1CN(C(=O)OC(C)(C)C)[C@@H](c2cccc(N3CCN(C)CC3)c2)CN1. The van der Waals surface area contributed by atoms with Gasteiger partial charge in [-0.2, -0.15) is 0 Å². The van der Waals surface area contributed by atoms with Crippen LogP contribution in [0.1, 0.15) is 78.6 Å². The molecule has 0 spiro atoms. The van der Waals surface area contributed by atoms with Crippen molar-refractivity contribution in [3.8, 4) is 0 Å². The molecule has 266 valence electrons. The number of carbonyl (C=O) groups is 2. The number of carbonyl (C=O) groups excluding carboxylic acids is 2. The van der Waals surface area contributed by atoms with Crippen LogP contribution < -0.4 is 15.5 Å². The van der Waals surface area contributed by atoms with E-state index in [1.54, 1.807) is 0 Å². The fraction of sp³-hybridized carbons (Fsp3) is 0.622. The van der Waals surface area contributed by atoms with Gasteiger partial charge in [0.1, 0.15) is 11.2 Å². The van der Waals surface area contributed by atoms with Gasteiger partial charge in [0.15, 0.2) is 0 Å². The number of ether oxygens (including phenoxy) is 2. The van der Waals surface area contributed by atoms with Gasteiger partial charge in [-0.25, -0.2) is 9.59 Å². The fourth-order valence-corrected chi connectivity index (χ4v) is 6.58. The van der Waals surface area contributed by atoms with Crippen LogP contribution in [-0.2, 0) is 9.47 Å². The van der Waals surface area contributed by atoms with Gasteiger partial charge in [0.2, 0.25) is 0 Å². The third-order valence-electron chi connectivity index (χ3n) is 8.63. The number of likely N-dealkylation sites (N-methyl/N-ethyl adjacent to an activating group) is 1. The van der Waals surface area contributed by atoms with Crippen molar-refractivity contribution in [3.05, 3.63) is 64.1 Å². The van der Waals surface area contributed by atoms with Crippen LogP contribution in [0.2, 0.25) is 0 Å². The smallest absolute Gasteiger partial charge is 0.410 e. The maximum Gasteiger partial charge on any atom is 0.410 e. The normalized spacial score (nSPS) is 24.0. The van der Waals surface area contributed by atoms with Gasteiger partial charge in [0, 0.05) is 74.6 Å². The predicted molar refractivity (Wildman–Crippen MR) is 197 cm³/mol. The average Bonchev–Trinajstić information content (AvgIpc) is 3.00. The van der Waals surface area contributed by atoms with Crippen molar-refractivity contribution in [1.29, 1.82) is 0 Å². The maximum absolute atomic E-state index is 12.8.